The first-order chi connectivity index (χ1) is 16.4. The minimum Gasteiger partial charge on any atom is -0.493 e. The van der Waals surface area contributed by atoms with E-state index >= 15 is 0 Å². The number of ketones is 1. The van der Waals surface area contributed by atoms with Gasteiger partial charge in [-0.05, 0) is 38.2 Å². The molecule has 0 aliphatic carbocycles. The number of likely N-dealkylation sites (N-methyl/N-ethyl adjacent to an activating group) is 1. The number of pyridine rings is 1. The van der Waals surface area contributed by atoms with Gasteiger partial charge in [0, 0.05) is 50.4 Å². The maximum Gasteiger partial charge on any atom is 0.256 e. The normalized spacial score (nSPS) is 14.9. The van der Waals surface area contributed by atoms with Crippen LogP contribution in [0.25, 0.3) is 11.0 Å². The number of Topliss-reactive ketones (excluding diaryl/α,β-unsaturated/α-hetero) is 1. The average Bonchev–Trinajstić information content (AvgIpc) is 3.27. The summed E-state index contributed by atoms with van der Waals surface area (Å²) in [5.74, 6) is 0.0754. The van der Waals surface area contributed by atoms with Gasteiger partial charge in [0.2, 0.25) is 0 Å². The highest BCUT2D eigenvalue weighted by Crippen LogP contribution is 2.34. The molecule has 0 unspecified atom stereocenters. The summed E-state index contributed by atoms with van der Waals surface area (Å²) in [5, 5.41) is 3.62. The predicted octanol–water partition coefficient (Wildman–Crippen LogP) is 4.61. The van der Waals surface area contributed by atoms with Crippen molar-refractivity contribution in [1.82, 2.24) is 14.8 Å². The summed E-state index contributed by atoms with van der Waals surface area (Å²) >= 11 is 12.3. The van der Waals surface area contributed by atoms with E-state index < -0.39 is 5.91 Å². The van der Waals surface area contributed by atoms with E-state index in [1.807, 2.05) is 0 Å². The lowest BCUT2D eigenvalue weighted by Crippen LogP contribution is -2.44. The number of rotatable bonds is 8. The first-order valence-corrected chi connectivity index (χ1v) is 11.8. The SMILES string of the molecule is COc1ccc(C(=O)Nc2c(Cl)cncc2Cl)c2cc(C(=O)CCCN3CCN(C)CC3)oc12. The van der Waals surface area contributed by atoms with Crippen molar-refractivity contribution < 1.29 is 18.7 Å². The van der Waals surface area contributed by atoms with Crippen LogP contribution >= 0.6 is 23.2 Å². The molecule has 0 radical (unpaired) electrons. The molecular formula is C24H26Cl2N4O4. The number of nitrogens with one attached hydrogen (secondary N) is 1. The monoisotopic (exact) mass is 504 g/mol. The summed E-state index contributed by atoms with van der Waals surface area (Å²) in [7, 11) is 3.62. The Hall–Kier alpha value is -2.65. The second kappa shape index (κ2) is 10.7. The smallest absolute Gasteiger partial charge is 0.256 e. The fourth-order valence-electron chi connectivity index (χ4n) is 3.96. The molecule has 3 aromatic rings. The van der Waals surface area contributed by atoms with Crippen LogP contribution in [0.5, 0.6) is 5.75 Å². The molecule has 0 bridgehead atoms. The third kappa shape index (κ3) is 5.36. The van der Waals surface area contributed by atoms with Crippen LogP contribution in [0, 0.1) is 0 Å². The molecule has 34 heavy (non-hydrogen) atoms. The van der Waals surface area contributed by atoms with E-state index in [0.717, 1.165) is 39.1 Å². The number of benzene rings is 1. The number of fused-ring (bicyclic) bond motifs is 1. The molecule has 0 saturated carbocycles. The molecule has 1 aliphatic heterocycles. The van der Waals surface area contributed by atoms with Gasteiger partial charge in [-0.15, -0.1) is 0 Å². The molecule has 1 N–H and O–H groups in total. The Morgan fingerprint density at radius 1 is 1.15 bits per heavy atom. The van der Waals surface area contributed by atoms with Gasteiger partial charge in [-0.25, -0.2) is 0 Å². The van der Waals surface area contributed by atoms with Crippen LogP contribution in [0.3, 0.4) is 0 Å². The molecule has 2 aromatic heterocycles. The summed E-state index contributed by atoms with van der Waals surface area (Å²) in [6.07, 6.45) is 3.88. The number of amides is 1. The van der Waals surface area contributed by atoms with Crippen LogP contribution < -0.4 is 10.1 Å². The van der Waals surface area contributed by atoms with Crippen molar-refractivity contribution in [3.8, 4) is 5.75 Å². The lowest BCUT2D eigenvalue weighted by molar-refractivity contribution is 0.0942. The molecule has 4 rings (SSSR count). The highest BCUT2D eigenvalue weighted by Gasteiger charge is 2.22. The molecule has 180 valence electrons. The molecule has 1 aliphatic rings. The number of methoxy groups -OCH3 is 1. The topological polar surface area (TPSA) is 87.9 Å². The van der Waals surface area contributed by atoms with Crippen LogP contribution in [-0.2, 0) is 0 Å². The number of aromatic nitrogens is 1. The Morgan fingerprint density at radius 2 is 1.85 bits per heavy atom. The zero-order valence-electron chi connectivity index (χ0n) is 19.1. The largest absolute Gasteiger partial charge is 0.493 e. The lowest BCUT2D eigenvalue weighted by atomic mass is 10.1. The van der Waals surface area contributed by atoms with Crippen LogP contribution in [0.15, 0.2) is 35.0 Å². The van der Waals surface area contributed by atoms with Gasteiger partial charge in [0.1, 0.15) is 0 Å². The maximum atomic E-state index is 13.1. The van der Waals surface area contributed by atoms with E-state index in [0.29, 0.717) is 28.7 Å². The van der Waals surface area contributed by atoms with E-state index in [2.05, 4.69) is 27.1 Å². The molecule has 1 fully saturated rings. The van der Waals surface area contributed by atoms with Gasteiger partial charge in [0.15, 0.2) is 22.9 Å². The Labute approximate surface area is 207 Å². The molecule has 1 aromatic carbocycles. The molecule has 0 atom stereocenters. The number of nitrogens with zero attached hydrogens (tertiary/aromatic N) is 3. The van der Waals surface area contributed by atoms with Crippen LogP contribution in [0.4, 0.5) is 5.69 Å². The van der Waals surface area contributed by atoms with Crippen LogP contribution in [-0.4, -0.2) is 73.4 Å². The second-order valence-electron chi connectivity index (χ2n) is 8.27. The van der Waals surface area contributed by atoms with Gasteiger partial charge < -0.3 is 24.3 Å². The zero-order chi connectivity index (χ0) is 24.2. The van der Waals surface area contributed by atoms with E-state index in [1.54, 1.807) is 18.2 Å². The average molecular weight is 505 g/mol. The first kappa shape index (κ1) is 24.5. The number of carbonyl (C=O) groups is 2. The molecule has 10 heteroatoms. The van der Waals surface area contributed by atoms with E-state index in [-0.39, 0.29) is 27.3 Å². The van der Waals surface area contributed by atoms with Gasteiger partial charge in [0.25, 0.3) is 5.91 Å². The highest BCUT2D eigenvalue weighted by molar-refractivity contribution is 6.39. The third-order valence-electron chi connectivity index (χ3n) is 5.95. The number of ether oxygens (including phenoxy) is 1. The summed E-state index contributed by atoms with van der Waals surface area (Å²) in [5.41, 5.74) is 0.903. The van der Waals surface area contributed by atoms with Gasteiger partial charge >= 0.3 is 0 Å². The van der Waals surface area contributed by atoms with Crippen molar-refractivity contribution in [1.29, 1.82) is 0 Å². The van der Waals surface area contributed by atoms with Crippen molar-refractivity contribution in [3.05, 3.63) is 52.0 Å². The van der Waals surface area contributed by atoms with E-state index in [4.69, 9.17) is 32.4 Å². The van der Waals surface area contributed by atoms with E-state index in [9.17, 15) is 9.59 Å². The third-order valence-corrected chi connectivity index (χ3v) is 6.53. The Morgan fingerprint density at radius 3 is 2.53 bits per heavy atom. The van der Waals surface area contributed by atoms with Gasteiger partial charge in [0.05, 0.1) is 28.4 Å². The molecule has 8 nitrogen and oxygen atoms in total. The van der Waals surface area contributed by atoms with Crippen molar-refractivity contribution in [2.45, 2.75) is 12.8 Å². The second-order valence-corrected chi connectivity index (χ2v) is 9.09. The van der Waals surface area contributed by atoms with Gasteiger partial charge in [-0.1, -0.05) is 23.2 Å². The Balaban J connectivity index is 1.52. The summed E-state index contributed by atoms with van der Waals surface area (Å²) in [6, 6.07) is 4.83. The zero-order valence-corrected chi connectivity index (χ0v) is 20.6. The number of piperazine rings is 1. The number of hydrogen-bond acceptors (Lipinski definition) is 7. The van der Waals surface area contributed by atoms with E-state index in [1.165, 1.54) is 19.5 Å². The Kier molecular flexibility index (Phi) is 7.73. The van der Waals surface area contributed by atoms with Gasteiger partial charge in [-0.2, -0.15) is 0 Å². The Bertz CT molecular complexity index is 1180. The van der Waals surface area contributed by atoms with Gasteiger partial charge in [-0.3, -0.25) is 14.6 Å². The fourth-order valence-corrected chi connectivity index (χ4v) is 4.42. The molecule has 0 spiro atoms. The number of halogens is 2. The highest BCUT2D eigenvalue weighted by atomic mass is 35.5. The minimum absolute atomic E-state index is 0.112. The van der Waals surface area contributed by atoms with Crippen LogP contribution in [0.1, 0.15) is 33.8 Å². The summed E-state index contributed by atoms with van der Waals surface area (Å²) < 4.78 is 11.2. The van der Waals surface area contributed by atoms with Crippen LogP contribution in [0.2, 0.25) is 10.0 Å². The molecule has 1 amide bonds. The van der Waals surface area contributed by atoms with Crippen molar-refractivity contribution in [2.75, 3.05) is 52.2 Å². The number of anilines is 1. The summed E-state index contributed by atoms with van der Waals surface area (Å²) in [4.78, 5) is 34.5. The number of hydrogen-bond donors (Lipinski definition) is 1. The predicted molar refractivity (Wildman–Crippen MR) is 132 cm³/mol. The number of furan rings is 1. The molecule has 3 heterocycles. The van der Waals surface area contributed by atoms with Crippen molar-refractivity contribution >= 4 is 51.5 Å². The lowest BCUT2D eigenvalue weighted by Gasteiger charge is -2.32. The summed E-state index contributed by atoms with van der Waals surface area (Å²) in [6.45, 7) is 4.97. The van der Waals surface area contributed by atoms with Crippen molar-refractivity contribution in [3.63, 3.8) is 0 Å². The molecular weight excluding hydrogens is 479 g/mol. The molecule has 1 saturated heterocycles. The first-order valence-electron chi connectivity index (χ1n) is 11.0. The standard InChI is InChI=1S/C24H26Cl2N4O4/c1-29-8-10-30(11-9-29)7-3-4-19(31)21-12-16-15(5-6-20(33-2)23(16)34-21)24(32)28-22-17(25)13-27-14-18(22)26/h5-6,12-14H,3-4,7-11H2,1-2H3,(H,27,28,32). The minimum atomic E-state index is -0.447. The fraction of sp³-hybridized carbons (Fsp3) is 0.375. The maximum absolute atomic E-state index is 13.1. The number of carbonyl (C=O) groups excluding carboxylic acids is 2. The quantitative estimate of drug-likeness (QED) is 0.448. The van der Waals surface area contributed by atoms with Crippen molar-refractivity contribution in [2.24, 2.45) is 0 Å².